The number of amides is 1. The molecule has 0 rings (SSSR count). The molecule has 1 unspecified atom stereocenters. The number of carbonyl (C=O) groups excluding carboxylic acids is 1. The number of nitrogens with zero attached hydrogens (tertiary/aromatic N) is 1. The van der Waals surface area contributed by atoms with E-state index in [1.54, 1.807) is 6.92 Å². The van der Waals surface area contributed by atoms with Crippen molar-refractivity contribution >= 4 is 5.91 Å². The summed E-state index contributed by atoms with van der Waals surface area (Å²) in [6, 6.07) is -0.0658. The van der Waals surface area contributed by atoms with Crippen LogP contribution in [-0.2, 0) is 4.79 Å². The Hall–Kier alpha value is -0.710. The Labute approximate surface area is 76.9 Å². The fourth-order valence-electron chi connectivity index (χ4n) is 0.851. The van der Waals surface area contributed by atoms with E-state index in [1.165, 1.54) is 7.05 Å². The van der Waals surface area contributed by atoms with Crippen molar-refractivity contribution in [1.29, 1.82) is 0 Å². The van der Waals surface area contributed by atoms with Crippen molar-refractivity contribution in [3.05, 3.63) is 0 Å². The highest BCUT2D eigenvalue weighted by Gasteiger charge is 2.13. The average molecular weight is 194 g/mol. The lowest BCUT2D eigenvalue weighted by Gasteiger charge is -2.16. The molecule has 0 aromatic heterocycles. The van der Waals surface area contributed by atoms with Gasteiger partial charge in [0.2, 0.25) is 5.91 Å². The Balaban J connectivity index is 3.69. The molecule has 0 saturated heterocycles. The summed E-state index contributed by atoms with van der Waals surface area (Å²) in [4.78, 5) is 12.2. The molecule has 0 heterocycles. The van der Waals surface area contributed by atoms with E-state index in [0.29, 0.717) is 6.42 Å². The van der Waals surface area contributed by atoms with E-state index in [2.05, 4.69) is 0 Å². The number of halogens is 2. The molecule has 2 N–H and O–H groups in total. The summed E-state index contributed by atoms with van der Waals surface area (Å²) in [6.45, 7) is 1.28. The molecular formula is C8H16F2N2O. The molecule has 0 spiro atoms. The minimum Gasteiger partial charge on any atom is -0.340 e. The van der Waals surface area contributed by atoms with Gasteiger partial charge in [-0.3, -0.25) is 4.79 Å². The summed E-state index contributed by atoms with van der Waals surface area (Å²) < 4.78 is 23.7. The second-order valence-electron chi connectivity index (χ2n) is 3.18. The van der Waals surface area contributed by atoms with Crippen LogP contribution in [-0.4, -0.2) is 36.9 Å². The van der Waals surface area contributed by atoms with Gasteiger partial charge in [-0.05, 0) is 13.3 Å². The minimum atomic E-state index is -2.47. The van der Waals surface area contributed by atoms with Gasteiger partial charge in [0.15, 0.2) is 0 Å². The zero-order valence-electron chi connectivity index (χ0n) is 7.96. The van der Waals surface area contributed by atoms with Crippen LogP contribution in [0, 0.1) is 0 Å². The summed E-state index contributed by atoms with van der Waals surface area (Å²) in [5.74, 6) is -0.280. The largest absolute Gasteiger partial charge is 0.340 e. The van der Waals surface area contributed by atoms with E-state index < -0.39 is 13.0 Å². The highest BCUT2D eigenvalue weighted by Crippen LogP contribution is 2.01. The number of carbonyl (C=O) groups is 1. The second kappa shape index (κ2) is 5.85. The number of rotatable bonds is 5. The first-order valence-corrected chi connectivity index (χ1v) is 4.21. The van der Waals surface area contributed by atoms with E-state index in [0.717, 1.165) is 4.90 Å². The molecule has 1 amide bonds. The maximum Gasteiger partial charge on any atom is 0.255 e. The smallest absolute Gasteiger partial charge is 0.255 e. The van der Waals surface area contributed by atoms with E-state index >= 15 is 0 Å². The molecule has 0 bridgehead atoms. The first-order valence-electron chi connectivity index (χ1n) is 4.21. The average Bonchev–Trinajstić information content (AvgIpc) is 1.98. The third-order valence-electron chi connectivity index (χ3n) is 1.65. The highest BCUT2D eigenvalue weighted by atomic mass is 19.3. The fraction of sp³-hybridized carbons (Fsp3) is 0.875. The molecule has 0 aliphatic heterocycles. The van der Waals surface area contributed by atoms with E-state index in [9.17, 15) is 13.6 Å². The topological polar surface area (TPSA) is 46.3 Å². The van der Waals surface area contributed by atoms with Gasteiger partial charge in [-0.1, -0.05) is 0 Å². The monoisotopic (exact) mass is 194 g/mol. The van der Waals surface area contributed by atoms with Crippen LogP contribution < -0.4 is 5.73 Å². The molecule has 0 aliphatic carbocycles. The van der Waals surface area contributed by atoms with Gasteiger partial charge in [0.25, 0.3) is 6.43 Å². The molecule has 13 heavy (non-hydrogen) atoms. The van der Waals surface area contributed by atoms with Gasteiger partial charge in [0.05, 0.1) is 6.54 Å². The number of alkyl halides is 2. The standard InChI is InChI=1S/C8H16F2N2O/c1-6(11)3-4-8(13)12(2)5-7(9)10/h6-7H,3-5,11H2,1-2H3. The maximum atomic E-state index is 11.8. The van der Waals surface area contributed by atoms with E-state index in [4.69, 9.17) is 5.73 Å². The molecule has 0 aromatic carbocycles. The summed E-state index contributed by atoms with van der Waals surface area (Å²) in [5.41, 5.74) is 5.42. The summed E-state index contributed by atoms with van der Waals surface area (Å²) in [7, 11) is 1.37. The molecule has 0 fully saturated rings. The molecule has 78 valence electrons. The molecule has 1 atom stereocenters. The third kappa shape index (κ3) is 6.45. The normalized spacial score (nSPS) is 13.1. The van der Waals surface area contributed by atoms with Crippen LogP contribution in [0.15, 0.2) is 0 Å². The van der Waals surface area contributed by atoms with Crippen molar-refractivity contribution in [2.75, 3.05) is 13.6 Å². The maximum absolute atomic E-state index is 11.8. The van der Waals surface area contributed by atoms with Crippen LogP contribution in [0.2, 0.25) is 0 Å². The van der Waals surface area contributed by atoms with Crippen molar-refractivity contribution in [2.24, 2.45) is 5.73 Å². The Morgan fingerprint density at radius 3 is 2.46 bits per heavy atom. The summed E-state index contributed by atoms with van der Waals surface area (Å²) >= 11 is 0. The predicted octanol–water partition coefficient (Wildman–Crippen LogP) is 0.837. The van der Waals surface area contributed by atoms with Crippen molar-refractivity contribution < 1.29 is 13.6 Å². The van der Waals surface area contributed by atoms with E-state index in [-0.39, 0.29) is 18.4 Å². The number of hydrogen-bond acceptors (Lipinski definition) is 2. The molecule has 0 aliphatic rings. The Bertz CT molecular complexity index is 162. The van der Waals surface area contributed by atoms with Crippen LogP contribution in [0.5, 0.6) is 0 Å². The summed E-state index contributed by atoms with van der Waals surface area (Å²) in [6.07, 6.45) is -1.70. The Morgan fingerprint density at radius 1 is 1.54 bits per heavy atom. The zero-order chi connectivity index (χ0) is 10.4. The number of hydrogen-bond donors (Lipinski definition) is 1. The molecular weight excluding hydrogens is 178 g/mol. The zero-order valence-corrected chi connectivity index (χ0v) is 7.96. The highest BCUT2D eigenvalue weighted by molar-refractivity contribution is 5.75. The number of nitrogens with two attached hydrogens (primary N) is 1. The van der Waals surface area contributed by atoms with Crippen molar-refractivity contribution in [3.8, 4) is 0 Å². The SMILES string of the molecule is CC(N)CCC(=O)N(C)CC(F)F. The van der Waals surface area contributed by atoms with Crippen LogP contribution >= 0.6 is 0 Å². The third-order valence-corrected chi connectivity index (χ3v) is 1.65. The van der Waals surface area contributed by atoms with Crippen molar-refractivity contribution in [1.82, 2.24) is 4.90 Å². The molecule has 0 aromatic rings. The molecule has 3 nitrogen and oxygen atoms in total. The minimum absolute atomic E-state index is 0.0658. The Morgan fingerprint density at radius 2 is 2.08 bits per heavy atom. The molecule has 0 saturated carbocycles. The van der Waals surface area contributed by atoms with Gasteiger partial charge in [0, 0.05) is 19.5 Å². The van der Waals surface area contributed by atoms with Gasteiger partial charge in [-0.15, -0.1) is 0 Å². The van der Waals surface area contributed by atoms with Gasteiger partial charge < -0.3 is 10.6 Å². The fourth-order valence-corrected chi connectivity index (χ4v) is 0.851. The van der Waals surface area contributed by atoms with Crippen LogP contribution in [0.4, 0.5) is 8.78 Å². The van der Waals surface area contributed by atoms with Gasteiger partial charge >= 0.3 is 0 Å². The van der Waals surface area contributed by atoms with Crippen LogP contribution in [0.25, 0.3) is 0 Å². The quantitative estimate of drug-likeness (QED) is 0.704. The lowest BCUT2D eigenvalue weighted by Crippen LogP contribution is -2.32. The Kier molecular flexibility index (Phi) is 5.53. The second-order valence-corrected chi connectivity index (χ2v) is 3.18. The van der Waals surface area contributed by atoms with Crippen LogP contribution in [0.1, 0.15) is 19.8 Å². The first-order chi connectivity index (χ1) is 5.93. The first kappa shape index (κ1) is 12.3. The summed E-state index contributed by atoms with van der Waals surface area (Å²) in [5, 5.41) is 0. The van der Waals surface area contributed by atoms with E-state index in [1.807, 2.05) is 0 Å². The van der Waals surface area contributed by atoms with Gasteiger partial charge in [0.1, 0.15) is 0 Å². The van der Waals surface area contributed by atoms with Crippen molar-refractivity contribution in [2.45, 2.75) is 32.2 Å². The lowest BCUT2D eigenvalue weighted by molar-refractivity contribution is -0.131. The lowest BCUT2D eigenvalue weighted by atomic mass is 10.2. The van der Waals surface area contributed by atoms with Gasteiger partial charge in [-0.2, -0.15) is 0 Å². The van der Waals surface area contributed by atoms with Crippen LogP contribution in [0.3, 0.4) is 0 Å². The van der Waals surface area contributed by atoms with Crippen molar-refractivity contribution in [3.63, 3.8) is 0 Å². The molecule has 5 heteroatoms. The van der Waals surface area contributed by atoms with Gasteiger partial charge in [-0.25, -0.2) is 8.78 Å². The predicted molar refractivity (Wildman–Crippen MR) is 46.5 cm³/mol. The molecule has 0 radical (unpaired) electrons.